The lowest BCUT2D eigenvalue weighted by Gasteiger charge is -2.38. The van der Waals surface area contributed by atoms with Crippen molar-refractivity contribution in [2.45, 2.75) is 73.0 Å². The molecule has 3 rings (SSSR count). The molecule has 7 atom stereocenters. The molecule has 3 fully saturated rings. The SMILES string of the molecule is CC[C@@H](CO)N1C(=O)[C@@H]2[C@H](C(=O)NC)[C@H]3SC2(CC3Br)C1C(=O)NC(C)(C)C. The fourth-order valence-electron chi connectivity index (χ4n) is 5.08. The Hall–Kier alpha value is -0.800. The molecule has 3 aliphatic rings. The third-order valence-electron chi connectivity index (χ3n) is 6.10. The number of nitrogens with zero attached hydrogens (tertiary/aromatic N) is 1. The highest BCUT2D eigenvalue weighted by atomic mass is 79.9. The van der Waals surface area contributed by atoms with E-state index in [4.69, 9.17) is 0 Å². The Bertz CT molecular complexity index is 681. The van der Waals surface area contributed by atoms with E-state index in [1.54, 1.807) is 23.7 Å². The lowest BCUT2D eigenvalue weighted by molar-refractivity contribution is -0.143. The van der Waals surface area contributed by atoms with Crippen LogP contribution in [0.2, 0.25) is 0 Å². The van der Waals surface area contributed by atoms with Crippen LogP contribution in [0.5, 0.6) is 0 Å². The summed E-state index contributed by atoms with van der Waals surface area (Å²) in [5.41, 5.74) is -0.448. The molecular weight excluding hydrogens is 446 g/mol. The Kier molecular flexibility index (Phi) is 5.84. The first-order chi connectivity index (χ1) is 13.0. The lowest BCUT2D eigenvalue weighted by Crippen LogP contribution is -2.59. The third-order valence-corrected chi connectivity index (χ3v) is 9.32. The highest BCUT2D eigenvalue weighted by Crippen LogP contribution is 2.67. The van der Waals surface area contributed by atoms with Crippen LogP contribution >= 0.6 is 27.7 Å². The summed E-state index contributed by atoms with van der Waals surface area (Å²) >= 11 is 5.31. The van der Waals surface area contributed by atoms with Gasteiger partial charge in [-0.2, -0.15) is 0 Å². The number of aliphatic hydroxyl groups is 1. The second-order valence-electron chi connectivity index (χ2n) is 9.01. The number of nitrogens with one attached hydrogen (secondary N) is 2. The number of hydrogen-bond donors (Lipinski definition) is 3. The number of alkyl halides is 1. The molecule has 3 N–H and O–H groups in total. The Morgan fingerprint density at radius 1 is 1.39 bits per heavy atom. The topological polar surface area (TPSA) is 98.7 Å². The summed E-state index contributed by atoms with van der Waals surface area (Å²) in [6, 6.07) is -1.15. The number of rotatable bonds is 5. The number of amides is 3. The van der Waals surface area contributed by atoms with Crippen molar-refractivity contribution in [1.29, 1.82) is 0 Å². The van der Waals surface area contributed by atoms with Crippen molar-refractivity contribution < 1.29 is 19.5 Å². The number of likely N-dealkylation sites (tertiary alicyclic amines) is 1. The van der Waals surface area contributed by atoms with Gasteiger partial charge in [0, 0.05) is 22.7 Å². The Morgan fingerprint density at radius 2 is 2.04 bits per heavy atom. The zero-order chi connectivity index (χ0) is 21.0. The van der Waals surface area contributed by atoms with E-state index in [0.717, 1.165) is 0 Å². The van der Waals surface area contributed by atoms with Gasteiger partial charge in [0.05, 0.1) is 29.2 Å². The van der Waals surface area contributed by atoms with Gasteiger partial charge in [-0.3, -0.25) is 14.4 Å². The minimum atomic E-state index is -0.703. The van der Waals surface area contributed by atoms with E-state index in [1.807, 2.05) is 27.7 Å². The van der Waals surface area contributed by atoms with Crippen molar-refractivity contribution in [2.75, 3.05) is 13.7 Å². The quantitative estimate of drug-likeness (QED) is 0.512. The summed E-state index contributed by atoms with van der Waals surface area (Å²) in [5, 5.41) is 15.6. The van der Waals surface area contributed by atoms with Crippen LogP contribution in [-0.4, -0.2) is 73.8 Å². The molecule has 0 aromatic carbocycles. The lowest BCUT2D eigenvalue weighted by atomic mass is 9.70. The summed E-state index contributed by atoms with van der Waals surface area (Å²) in [5.74, 6) is -1.58. The second-order valence-corrected chi connectivity index (χ2v) is 11.7. The average Bonchev–Trinajstić information content (AvgIpc) is 3.18. The van der Waals surface area contributed by atoms with E-state index in [1.165, 1.54) is 0 Å². The van der Waals surface area contributed by atoms with Gasteiger partial charge in [-0.25, -0.2) is 0 Å². The van der Waals surface area contributed by atoms with E-state index in [9.17, 15) is 19.5 Å². The maximum absolute atomic E-state index is 13.6. The fraction of sp³-hybridized carbons (Fsp3) is 0.842. The molecule has 0 radical (unpaired) electrons. The minimum absolute atomic E-state index is 0.0461. The van der Waals surface area contributed by atoms with Crippen molar-refractivity contribution in [2.24, 2.45) is 11.8 Å². The molecule has 3 amide bonds. The largest absolute Gasteiger partial charge is 0.394 e. The molecule has 3 unspecified atom stereocenters. The van der Waals surface area contributed by atoms with Crippen molar-refractivity contribution in [3.05, 3.63) is 0 Å². The van der Waals surface area contributed by atoms with E-state index < -0.39 is 34.2 Å². The minimum Gasteiger partial charge on any atom is -0.394 e. The second kappa shape index (κ2) is 7.47. The van der Waals surface area contributed by atoms with E-state index >= 15 is 0 Å². The summed E-state index contributed by atoms with van der Waals surface area (Å²) in [4.78, 5) is 41.3. The van der Waals surface area contributed by atoms with Crippen LogP contribution in [0, 0.1) is 11.8 Å². The molecule has 3 saturated heterocycles. The highest BCUT2D eigenvalue weighted by Gasteiger charge is 2.76. The predicted molar refractivity (Wildman–Crippen MR) is 112 cm³/mol. The van der Waals surface area contributed by atoms with Crippen LogP contribution in [0.15, 0.2) is 0 Å². The Balaban J connectivity index is 2.10. The monoisotopic (exact) mass is 475 g/mol. The van der Waals surface area contributed by atoms with Crippen molar-refractivity contribution in [3.63, 3.8) is 0 Å². The van der Waals surface area contributed by atoms with Crippen molar-refractivity contribution in [3.8, 4) is 0 Å². The highest BCUT2D eigenvalue weighted by molar-refractivity contribution is 9.09. The molecule has 0 aromatic heterocycles. The van der Waals surface area contributed by atoms with E-state index in [2.05, 4.69) is 26.6 Å². The van der Waals surface area contributed by atoms with Crippen LogP contribution in [0.4, 0.5) is 0 Å². The van der Waals surface area contributed by atoms with Gasteiger partial charge in [0.1, 0.15) is 6.04 Å². The molecule has 0 saturated carbocycles. The Morgan fingerprint density at radius 3 is 2.54 bits per heavy atom. The number of carbonyl (C=O) groups is 3. The van der Waals surface area contributed by atoms with Gasteiger partial charge < -0.3 is 20.6 Å². The van der Waals surface area contributed by atoms with Crippen LogP contribution in [0.25, 0.3) is 0 Å². The molecule has 158 valence electrons. The van der Waals surface area contributed by atoms with Gasteiger partial charge in [-0.15, -0.1) is 11.8 Å². The number of hydrogen-bond acceptors (Lipinski definition) is 5. The summed E-state index contributed by atoms with van der Waals surface area (Å²) in [7, 11) is 1.58. The maximum atomic E-state index is 13.6. The maximum Gasteiger partial charge on any atom is 0.244 e. The molecule has 28 heavy (non-hydrogen) atoms. The van der Waals surface area contributed by atoms with E-state index in [0.29, 0.717) is 12.8 Å². The first-order valence-corrected chi connectivity index (χ1v) is 11.6. The number of aliphatic hydroxyl groups excluding tert-OH is 1. The van der Waals surface area contributed by atoms with Crippen LogP contribution in [0.1, 0.15) is 40.5 Å². The van der Waals surface area contributed by atoms with Crippen LogP contribution in [0.3, 0.4) is 0 Å². The van der Waals surface area contributed by atoms with Gasteiger partial charge in [0.15, 0.2) is 0 Å². The summed E-state index contributed by atoms with van der Waals surface area (Å²) < 4.78 is -0.662. The fourth-order valence-corrected chi connectivity index (χ4v) is 8.68. The molecule has 1 spiro atoms. The van der Waals surface area contributed by atoms with Gasteiger partial charge in [0.25, 0.3) is 0 Å². The van der Waals surface area contributed by atoms with Gasteiger partial charge in [-0.05, 0) is 33.6 Å². The van der Waals surface area contributed by atoms with Gasteiger partial charge in [0.2, 0.25) is 17.7 Å². The van der Waals surface area contributed by atoms with Gasteiger partial charge >= 0.3 is 0 Å². The molecule has 9 heteroatoms. The zero-order valence-corrected chi connectivity index (χ0v) is 19.4. The normalized spacial score (nSPS) is 37.8. The molecule has 0 aromatic rings. The third kappa shape index (κ3) is 3.17. The van der Waals surface area contributed by atoms with Gasteiger partial charge in [-0.1, -0.05) is 22.9 Å². The number of fused-ring (bicyclic) bond motifs is 1. The molecule has 0 aliphatic carbocycles. The first-order valence-electron chi connectivity index (χ1n) is 9.81. The van der Waals surface area contributed by atoms with Crippen molar-refractivity contribution in [1.82, 2.24) is 15.5 Å². The number of thioether (sulfide) groups is 1. The molecule has 3 heterocycles. The average molecular weight is 476 g/mol. The van der Waals surface area contributed by atoms with E-state index in [-0.39, 0.29) is 34.4 Å². The molecule has 2 bridgehead atoms. The summed E-state index contributed by atoms with van der Waals surface area (Å²) in [6.45, 7) is 7.41. The zero-order valence-electron chi connectivity index (χ0n) is 17.0. The van der Waals surface area contributed by atoms with Crippen LogP contribution in [-0.2, 0) is 14.4 Å². The number of carbonyl (C=O) groups excluding carboxylic acids is 3. The molecule has 3 aliphatic heterocycles. The summed E-state index contributed by atoms with van der Waals surface area (Å²) in [6.07, 6.45) is 1.19. The molecule has 7 nitrogen and oxygen atoms in total. The first kappa shape index (κ1) is 21.9. The Labute approximate surface area is 178 Å². The molecular formula is C19H30BrN3O4S. The standard InChI is InChI=1S/C19H30BrN3O4S/c1-6-9(8-24)23-14(16(26)22-18(2,3)4)19-7-10(20)13(28-19)11(15(25)21-5)12(19)17(23)27/h9-14,24H,6-8H2,1-5H3,(H,21,25)(H,22,26)/t9-,10?,11-,12-,13-,14?,19?/m0/s1. The van der Waals surface area contributed by atoms with Crippen molar-refractivity contribution >= 4 is 45.4 Å². The van der Waals surface area contributed by atoms with Crippen LogP contribution < -0.4 is 10.6 Å². The smallest absolute Gasteiger partial charge is 0.244 e. The number of halogens is 1. The predicted octanol–water partition coefficient (Wildman–Crippen LogP) is 0.883.